The minimum absolute atomic E-state index is 0.0761. The lowest BCUT2D eigenvalue weighted by molar-refractivity contribution is -0.137. The van der Waals surface area contributed by atoms with E-state index in [0.29, 0.717) is 0 Å². The van der Waals surface area contributed by atoms with Gasteiger partial charge in [0, 0.05) is 17.8 Å². The molecule has 2 aromatic rings. The number of urea groups is 1. The molecule has 0 radical (unpaired) electrons. The van der Waals surface area contributed by atoms with Crippen LogP contribution in [0.1, 0.15) is 11.1 Å². The van der Waals surface area contributed by atoms with Crippen molar-refractivity contribution in [3.05, 3.63) is 64.4 Å². The number of carbonyl (C=O) groups is 1. The number of nitrogens with one attached hydrogen (secondary N) is 2. The Kier molecular flexibility index (Phi) is 5.10. The summed E-state index contributed by atoms with van der Waals surface area (Å²) in [6.45, 7) is -0.0990. The Balaban J connectivity index is 2.02. The third kappa shape index (κ3) is 4.59. The SMILES string of the molecule is O=C(NCc1ccccc1F)Nc1ccc(Cl)c(C(F)(F)F)c1. The van der Waals surface area contributed by atoms with Crippen LogP contribution in [0, 0.1) is 5.82 Å². The molecule has 0 heterocycles. The van der Waals surface area contributed by atoms with Crippen LogP contribution in [0.25, 0.3) is 0 Å². The number of hydrogen-bond donors (Lipinski definition) is 2. The number of carbonyl (C=O) groups excluding carboxylic acids is 1. The summed E-state index contributed by atoms with van der Waals surface area (Å²) < 4.78 is 51.6. The highest BCUT2D eigenvalue weighted by Crippen LogP contribution is 2.36. The van der Waals surface area contributed by atoms with Crippen LogP contribution in [-0.2, 0) is 12.7 Å². The van der Waals surface area contributed by atoms with E-state index in [2.05, 4.69) is 10.6 Å². The summed E-state index contributed by atoms with van der Waals surface area (Å²) in [4.78, 5) is 11.7. The van der Waals surface area contributed by atoms with Gasteiger partial charge >= 0.3 is 12.2 Å². The van der Waals surface area contributed by atoms with Crippen molar-refractivity contribution in [3.8, 4) is 0 Å². The van der Waals surface area contributed by atoms with Crippen molar-refractivity contribution in [1.29, 1.82) is 0 Å². The molecule has 2 rings (SSSR count). The lowest BCUT2D eigenvalue weighted by atomic mass is 10.2. The van der Waals surface area contributed by atoms with Gasteiger partial charge in [-0.1, -0.05) is 29.8 Å². The van der Waals surface area contributed by atoms with Gasteiger partial charge in [0.25, 0.3) is 0 Å². The highest BCUT2D eigenvalue weighted by Gasteiger charge is 2.33. The van der Waals surface area contributed by atoms with Crippen LogP contribution in [0.15, 0.2) is 42.5 Å². The summed E-state index contributed by atoms with van der Waals surface area (Å²) in [5.41, 5.74) is -0.867. The summed E-state index contributed by atoms with van der Waals surface area (Å²) in [6, 6.07) is 8.08. The first kappa shape index (κ1) is 17.1. The van der Waals surface area contributed by atoms with E-state index in [9.17, 15) is 22.4 Å². The molecule has 3 nitrogen and oxygen atoms in total. The van der Waals surface area contributed by atoms with Gasteiger partial charge in [-0.2, -0.15) is 13.2 Å². The van der Waals surface area contributed by atoms with E-state index in [1.165, 1.54) is 24.3 Å². The molecule has 0 spiro atoms. The van der Waals surface area contributed by atoms with E-state index in [-0.39, 0.29) is 17.8 Å². The van der Waals surface area contributed by atoms with Gasteiger partial charge in [-0.3, -0.25) is 0 Å². The van der Waals surface area contributed by atoms with Crippen molar-refractivity contribution < 1.29 is 22.4 Å². The van der Waals surface area contributed by atoms with Gasteiger partial charge < -0.3 is 10.6 Å². The van der Waals surface area contributed by atoms with Crippen molar-refractivity contribution in [2.24, 2.45) is 0 Å². The molecule has 0 atom stereocenters. The largest absolute Gasteiger partial charge is 0.417 e. The average Bonchev–Trinajstić information content (AvgIpc) is 2.47. The smallest absolute Gasteiger partial charge is 0.334 e. The van der Waals surface area contributed by atoms with Crippen molar-refractivity contribution in [1.82, 2.24) is 5.32 Å². The maximum absolute atomic E-state index is 13.4. The van der Waals surface area contributed by atoms with Gasteiger partial charge in [0.15, 0.2) is 0 Å². The van der Waals surface area contributed by atoms with Crippen LogP contribution >= 0.6 is 11.6 Å². The Morgan fingerprint density at radius 3 is 2.48 bits per heavy atom. The zero-order valence-corrected chi connectivity index (χ0v) is 12.3. The highest BCUT2D eigenvalue weighted by molar-refractivity contribution is 6.31. The number of rotatable bonds is 3. The fraction of sp³-hybridized carbons (Fsp3) is 0.133. The molecule has 2 amide bonds. The molecule has 0 aromatic heterocycles. The van der Waals surface area contributed by atoms with E-state index in [1.54, 1.807) is 6.07 Å². The first-order valence-electron chi connectivity index (χ1n) is 6.42. The lowest BCUT2D eigenvalue weighted by Gasteiger charge is -2.12. The van der Waals surface area contributed by atoms with Crippen LogP contribution in [0.2, 0.25) is 5.02 Å². The second-order valence-electron chi connectivity index (χ2n) is 4.59. The molecular formula is C15H11ClF4N2O. The second-order valence-corrected chi connectivity index (χ2v) is 5.00. The molecule has 8 heteroatoms. The maximum atomic E-state index is 13.4. The molecule has 0 bridgehead atoms. The minimum atomic E-state index is -4.63. The number of alkyl halides is 3. The summed E-state index contributed by atoms with van der Waals surface area (Å²) in [5, 5.41) is 4.13. The van der Waals surface area contributed by atoms with E-state index in [4.69, 9.17) is 11.6 Å². The first-order chi connectivity index (χ1) is 10.8. The normalized spacial score (nSPS) is 11.2. The first-order valence-corrected chi connectivity index (χ1v) is 6.80. The minimum Gasteiger partial charge on any atom is -0.334 e. The molecule has 23 heavy (non-hydrogen) atoms. The van der Waals surface area contributed by atoms with E-state index in [0.717, 1.165) is 12.1 Å². The second kappa shape index (κ2) is 6.87. The molecule has 0 unspecified atom stereocenters. The van der Waals surface area contributed by atoms with E-state index in [1.807, 2.05) is 0 Å². The van der Waals surface area contributed by atoms with Crippen molar-refractivity contribution in [3.63, 3.8) is 0 Å². The maximum Gasteiger partial charge on any atom is 0.417 e. The van der Waals surface area contributed by atoms with Gasteiger partial charge in [0.05, 0.1) is 10.6 Å². The summed E-state index contributed by atoms with van der Waals surface area (Å²) in [6.07, 6.45) is -4.63. The van der Waals surface area contributed by atoms with Crippen molar-refractivity contribution in [2.45, 2.75) is 12.7 Å². The van der Waals surface area contributed by atoms with Crippen molar-refractivity contribution >= 4 is 23.3 Å². The molecule has 0 aliphatic heterocycles. The standard InChI is InChI=1S/C15H11ClF4N2O/c16-12-6-5-10(7-11(12)15(18,19)20)22-14(23)21-8-9-3-1-2-4-13(9)17/h1-7H,8H2,(H2,21,22,23). The zero-order valence-electron chi connectivity index (χ0n) is 11.5. The fourth-order valence-corrected chi connectivity index (χ4v) is 2.04. The molecule has 0 aliphatic rings. The van der Waals surface area contributed by atoms with Crippen molar-refractivity contribution in [2.75, 3.05) is 5.32 Å². The number of halogens is 5. The van der Waals surface area contributed by atoms with Crippen LogP contribution in [0.4, 0.5) is 28.0 Å². The van der Waals surface area contributed by atoms with Gasteiger partial charge in [-0.15, -0.1) is 0 Å². The number of hydrogen-bond acceptors (Lipinski definition) is 1. The molecule has 122 valence electrons. The van der Waals surface area contributed by atoms with Gasteiger partial charge in [0.1, 0.15) is 5.82 Å². The summed E-state index contributed by atoms with van der Waals surface area (Å²) in [7, 11) is 0. The average molecular weight is 347 g/mol. The molecule has 2 N–H and O–H groups in total. The molecule has 0 aliphatic carbocycles. The highest BCUT2D eigenvalue weighted by atomic mass is 35.5. The topological polar surface area (TPSA) is 41.1 Å². The number of anilines is 1. The number of amides is 2. The summed E-state index contributed by atoms with van der Waals surface area (Å²) >= 11 is 5.49. The van der Waals surface area contributed by atoms with Crippen LogP contribution < -0.4 is 10.6 Å². The Morgan fingerprint density at radius 2 is 1.83 bits per heavy atom. The van der Waals surface area contributed by atoms with Crippen LogP contribution in [-0.4, -0.2) is 6.03 Å². The van der Waals surface area contributed by atoms with Crippen LogP contribution in [0.3, 0.4) is 0 Å². The Hall–Kier alpha value is -2.28. The van der Waals surface area contributed by atoms with Crippen LogP contribution in [0.5, 0.6) is 0 Å². The lowest BCUT2D eigenvalue weighted by Crippen LogP contribution is -2.28. The Labute approximate surface area is 134 Å². The Morgan fingerprint density at radius 1 is 1.13 bits per heavy atom. The Bertz CT molecular complexity index is 719. The fourth-order valence-electron chi connectivity index (χ4n) is 1.81. The van der Waals surface area contributed by atoms with Gasteiger partial charge in [0.2, 0.25) is 0 Å². The predicted molar refractivity (Wildman–Crippen MR) is 78.7 cm³/mol. The van der Waals surface area contributed by atoms with E-state index >= 15 is 0 Å². The number of benzene rings is 2. The molecular weight excluding hydrogens is 336 g/mol. The third-order valence-electron chi connectivity index (χ3n) is 2.93. The van der Waals surface area contributed by atoms with E-state index < -0.39 is 28.6 Å². The monoisotopic (exact) mass is 346 g/mol. The molecule has 2 aromatic carbocycles. The molecule has 0 saturated heterocycles. The predicted octanol–water partition coefficient (Wildman–Crippen LogP) is 4.82. The summed E-state index contributed by atoms with van der Waals surface area (Å²) in [5.74, 6) is -0.487. The quantitative estimate of drug-likeness (QED) is 0.769. The van der Waals surface area contributed by atoms with Gasteiger partial charge in [-0.05, 0) is 24.3 Å². The molecule has 0 saturated carbocycles. The zero-order chi connectivity index (χ0) is 17.0. The van der Waals surface area contributed by atoms with Gasteiger partial charge in [-0.25, -0.2) is 9.18 Å². The molecule has 0 fully saturated rings. The third-order valence-corrected chi connectivity index (χ3v) is 3.26.